The Bertz CT molecular complexity index is 199. The van der Waals surface area contributed by atoms with E-state index in [1.807, 2.05) is 6.92 Å². The van der Waals surface area contributed by atoms with Crippen LogP contribution in [-0.2, 0) is 14.3 Å². The first-order valence-corrected chi connectivity index (χ1v) is 6.17. The Labute approximate surface area is 96.9 Å². The number of carboxylic acid groups (broad SMARTS) is 1. The summed E-state index contributed by atoms with van der Waals surface area (Å²) < 4.78 is 11.2. The number of unbranched alkanes of at least 4 members (excludes halogenated alkanes) is 1. The van der Waals surface area contributed by atoms with Gasteiger partial charge in [0, 0.05) is 13.0 Å². The van der Waals surface area contributed by atoms with Crippen molar-refractivity contribution >= 4 is 5.97 Å². The maximum atomic E-state index is 10.3. The van der Waals surface area contributed by atoms with Crippen molar-refractivity contribution in [3.05, 3.63) is 0 Å². The van der Waals surface area contributed by atoms with E-state index in [2.05, 4.69) is 0 Å². The van der Waals surface area contributed by atoms with Gasteiger partial charge in [0.15, 0.2) is 6.29 Å². The van der Waals surface area contributed by atoms with Gasteiger partial charge in [-0.1, -0.05) is 6.42 Å². The van der Waals surface area contributed by atoms with Gasteiger partial charge in [-0.25, -0.2) is 0 Å². The lowest BCUT2D eigenvalue weighted by molar-refractivity contribution is -0.185. The molecule has 0 aromatic carbocycles. The molecule has 1 aliphatic heterocycles. The van der Waals surface area contributed by atoms with E-state index in [1.54, 1.807) is 0 Å². The molecule has 0 aliphatic carbocycles. The third kappa shape index (κ3) is 6.08. The Morgan fingerprint density at radius 1 is 1.50 bits per heavy atom. The molecule has 0 amide bonds. The molecule has 0 saturated carbocycles. The molecule has 2 atom stereocenters. The number of carboxylic acids is 1. The monoisotopic (exact) mass is 230 g/mol. The second-order valence-electron chi connectivity index (χ2n) is 4.38. The first-order valence-electron chi connectivity index (χ1n) is 6.17. The highest BCUT2D eigenvalue weighted by Gasteiger charge is 2.16. The number of hydrogen-bond donors (Lipinski definition) is 1. The van der Waals surface area contributed by atoms with Crippen LogP contribution in [0.2, 0.25) is 0 Å². The summed E-state index contributed by atoms with van der Waals surface area (Å²) >= 11 is 0. The fraction of sp³-hybridized carbons (Fsp3) is 0.917. The van der Waals surface area contributed by atoms with Gasteiger partial charge in [-0.05, 0) is 39.0 Å². The van der Waals surface area contributed by atoms with Crippen molar-refractivity contribution in [1.29, 1.82) is 0 Å². The molecule has 94 valence electrons. The number of aliphatic carboxylic acids is 1. The van der Waals surface area contributed by atoms with Crippen molar-refractivity contribution in [1.82, 2.24) is 0 Å². The van der Waals surface area contributed by atoms with E-state index < -0.39 is 5.97 Å². The molecule has 1 fully saturated rings. The molecule has 0 spiro atoms. The lowest BCUT2D eigenvalue weighted by Crippen LogP contribution is -2.26. The molecule has 2 unspecified atom stereocenters. The third-order valence-electron chi connectivity index (χ3n) is 2.77. The van der Waals surface area contributed by atoms with Crippen LogP contribution in [0.1, 0.15) is 51.9 Å². The van der Waals surface area contributed by atoms with Crippen LogP contribution in [0.4, 0.5) is 0 Å². The second-order valence-corrected chi connectivity index (χ2v) is 4.38. The predicted molar refractivity (Wildman–Crippen MR) is 60.2 cm³/mol. The second kappa shape index (κ2) is 7.63. The number of hydrogen-bond acceptors (Lipinski definition) is 3. The summed E-state index contributed by atoms with van der Waals surface area (Å²) in [6, 6.07) is 0. The molecule has 4 heteroatoms. The standard InChI is InChI=1S/C12H22O4/c1-10(6-2-3-7-11(13)14)16-12-8-4-5-9-15-12/h10,12H,2-9H2,1H3,(H,13,14). The molecule has 1 rings (SSSR count). The van der Waals surface area contributed by atoms with Gasteiger partial charge >= 0.3 is 5.97 Å². The zero-order valence-corrected chi connectivity index (χ0v) is 9.98. The van der Waals surface area contributed by atoms with E-state index in [4.69, 9.17) is 14.6 Å². The van der Waals surface area contributed by atoms with Gasteiger partial charge in [0.05, 0.1) is 6.10 Å². The Kier molecular flexibility index (Phi) is 6.42. The van der Waals surface area contributed by atoms with E-state index in [0.717, 1.165) is 38.7 Å². The molecule has 0 aromatic heterocycles. The normalized spacial score (nSPS) is 22.9. The third-order valence-corrected chi connectivity index (χ3v) is 2.77. The van der Waals surface area contributed by atoms with Crippen molar-refractivity contribution in [3.63, 3.8) is 0 Å². The highest BCUT2D eigenvalue weighted by atomic mass is 16.7. The zero-order valence-electron chi connectivity index (χ0n) is 9.98. The van der Waals surface area contributed by atoms with Crippen LogP contribution in [0, 0.1) is 0 Å². The number of ether oxygens (including phenoxy) is 2. The lowest BCUT2D eigenvalue weighted by Gasteiger charge is -2.26. The molecule has 16 heavy (non-hydrogen) atoms. The minimum atomic E-state index is -0.718. The summed E-state index contributed by atoms with van der Waals surface area (Å²) in [5.41, 5.74) is 0. The first kappa shape index (κ1) is 13.5. The fourth-order valence-electron chi connectivity index (χ4n) is 1.85. The summed E-state index contributed by atoms with van der Waals surface area (Å²) in [7, 11) is 0. The number of rotatable bonds is 7. The van der Waals surface area contributed by atoms with Crippen LogP contribution < -0.4 is 0 Å². The maximum Gasteiger partial charge on any atom is 0.303 e. The van der Waals surface area contributed by atoms with E-state index in [-0.39, 0.29) is 18.8 Å². The molecule has 1 saturated heterocycles. The quantitative estimate of drug-likeness (QED) is 0.683. The van der Waals surface area contributed by atoms with Gasteiger partial charge < -0.3 is 14.6 Å². The van der Waals surface area contributed by atoms with Gasteiger partial charge in [0.2, 0.25) is 0 Å². The molecule has 0 radical (unpaired) electrons. The van der Waals surface area contributed by atoms with Gasteiger partial charge in [0.25, 0.3) is 0 Å². The topological polar surface area (TPSA) is 55.8 Å². The van der Waals surface area contributed by atoms with Crippen LogP contribution in [0.15, 0.2) is 0 Å². The highest BCUT2D eigenvalue weighted by molar-refractivity contribution is 5.66. The Balaban J connectivity index is 2.01. The van der Waals surface area contributed by atoms with Gasteiger partial charge in [-0.2, -0.15) is 0 Å². The van der Waals surface area contributed by atoms with Crippen LogP contribution in [0.25, 0.3) is 0 Å². The smallest absolute Gasteiger partial charge is 0.303 e. The van der Waals surface area contributed by atoms with Crippen molar-refractivity contribution in [3.8, 4) is 0 Å². The molecule has 4 nitrogen and oxygen atoms in total. The van der Waals surface area contributed by atoms with E-state index >= 15 is 0 Å². The maximum absolute atomic E-state index is 10.3. The summed E-state index contributed by atoms with van der Waals surface area (Å²) in [5, 5.41) is 8.49. The average Bonchev–Trinajstić information content (AvgIpc) is 2.25. The molecule has 1 heterocycles. The minimum Gasteiger partial charge on any atom is -0.481 e. The Morgan fingerprint density at radius 3 is 2.94 bits per heavy atom. The average molecular weight is 230 g/mol. The van der Waals surface area contributed by atoms with Crippen LogP contribution in [0.5, 0.6) is 0 Å². The summed E-state index contributed by atoms with van der Waals surface area (Å²) in [5.74, 6) is -0.718. The van der Waals surface area contributed by atoms with Gasteiger partial charge in [-0.15, -0.1) is 0 Å². The Hall–Kier alpha value is -0.610. The minimum absolute atomic E-state index is 0.0387. The largest absolute Gasteiger partial charge is 0.481 e. The van der Waals surface area contributed by atoms with Crippen LogP contribution in [-0.4, -0.2) is 30.1 Å². The van der Waals surface area contributed by atoms with Gasteiger partial charge in [-0.3, -0.25) is 4.79 Å². The molecular formula is C12H22O4. The van der Waals surface area contributed by atoms with Crippen molar-refractivity contribution in [2.45, 2.75) is 64.3 Å². The summed E-state index contributed by atoms with van der Waals surface area (Å²) in [6.45, 7) is 2.83. The predicted octanol–water partition coefficient (Wildman–Crippen LogP) is 2.56. The molecule has 1 N–H and O–H groups in total. The first-order chi connectivity index (χ1) is 7.68. The van der Waals surface area contributed by atoms with Crippen LogP contribution in [0.3, 0.4) is 0 Å². The van der Waals surface area contributed by atoms with E-state index in [0.29, 0.717) is 0 Å². The Morgan fingerprint density at radius 2 is 2.31 bits per heavy atom. The zero-order chi connectivity index (χ0) is 11.8. The fourth-order valence-corrected chi connectivity index (χ4v) is 1.85. The molecule has 0 bridgehead atoms. The van der Waals surface area contributed by atoms with Gasteiger partial charge in [0.1, 0.15) is 0 Å². The van der Waals surface area contributed by atoms with E-state index in [9.17, 15) is 4.79 Å². The molecular weight excluding hydrogens is 208 g/mol. The van der Waals surface area contributed by atoms with Crippen LogP contribution >= 0.6 is 0 Å². The van der Waals surface area contributed by atoms with E-state index in [1.165, 1.54) is 6.42 Å². The number of carbonyl (C=O) groups is 1. The van der Waals surface area contributed by atoms with Crippen molar-refractivity contribution in [2.24, 2.45) is 0 Å². The summed E-state index contributed by atoms with van der Waals surface area (Å²) in [6.07, 6.45) is 6.22. The SMILES string of the molecule is CC(CCCCC(=O)O)OC1CCCCO1. The lowest BCUT2D eigenvalue weighted by atomic mass is 10.1. The van der Waals surface area contributed by atoms with Crippen molar-refractivity contribution < 1.29 is 19.4 Å². The molecule has 0 aromatic rings. The van der Waals surface area contributed by atoms with Crippen molar-refractivity contribution in [2.75, 3.05) is 6.61 Å². The highest BCUT2D eigenvalue weighted by Crippen LogP contribution is 2.17. The molecule has 1 aliphatic rings. The summed E-state index contributed by atoms with van der Waals surface area (Å²) in [4.78, 5) is 10.3.